The van der Waals surface area contributed by atoms with E-state index in [0.717, 1.165) is 23.9 Å². The standard InChI is InChI=1S/C18H19BrO2/c1-20-17-8-9-18-16(15(17)7-4-10-19)11-13-5-2-3-6-14(13)12-21-18/h2-3,5-9,17H,4,10-12H2,1H3. The molecule has 0 saturated carbocycles. The number of hydrogen-bond donors (Lipinski definition) is 0. The van der Waals surface area contributed by atoms with E-state index in [1.807, 2.05) is 0 Å². The molecule has 0 amide bonds. The average Bonchev–Trinajstić information content (AvgIpc) is 2.71. The summed E-state index contributed by atoms with van der Waals surface area (Å²) in [5, 5.41) is 0.955. The topological polar surface area (TPSA) is 18.5 Å². The monoisotopic (exact) mass is 346 g/mol. The molecule has 2 aliphatic rings. The van der Waals surface area contributed by atoms with Crippen molar-refractivity contribution in [2.75, 3.05) is 12.4 Å². The first kappa shape index (κ1) is 14.6. The van der Waals surface area contributed by atoms with Crippen molar-refractivity contribution in [3.8, 4) is 0 Å². The van der Waals surface area contributed by atoms with E-state index in [-0.39, 0.29) is 6.10 Å². The molecular weight excluding hydrogens is 328 g/mol. The molecule has 0 N–H and O–H groups in total. The Morgan fingerprint density at radius 1 is 1.33 bits per heavy atom. The maximum absolute atomic E-state index is 6.02. The predicted octanol–water partition coefficient (Wildman–Crippen LogP) is 4.31. The molecule has 1 heterocycles. The van der Waals surface area contributed by atoms with Gasteiger partial charge in [0.25, 0.3) is 0 Å². The molecule has 21 heavy (non-hydrogen) atoms. The third kappa shape index (κ3) is 2.99. The fraction of sp³-hybridized carbons (Fsp3) is 0.333. The van der Waals surface area contributed by atoms with E-state index in [0.29, 0.717) is 6.61 Å². The van der Waals surface area contributed by atoms with Crippen LogP contribution in [0.2, 0.25) is 0 Å². The van der Waals surface area contributed by atoms with E-state index in [9.17, 15) is 0 Å². The highest BCUT2D eigenvalue weighted by Crippen LogP contribution is 2.34. The predicted molar refractivity (Wildman–Crippen MR) is 88.4 cm³/mol. The normalized spacial score (nSPS) is 22.6. The van der Waals surface area contributed by atoms with Crippen LogP contribution in [-0.2, 0) is 22.5 Å². The summed E-state index contributed by atoms with van der Waals surface area (Å²) in [5.41, 5.74) is 5.12. The van der Waals surface area contributed by atoms with Gasteiger partial charge in [-0.1, -0.05) is 46.3 Å². The van der Waals surface area contributed by atoms with Crippen molar-refractivity contribution in [3.05, 3.63) is 70.5 Å². The van der Waals surface area contributed by atoms with Crippen molar-refractivity contribution in [1.82, 2.24) is 0 Å². The molecule has 1 aromatic rings. The Bertz CT molecular complexity index is 613. The lowest BCUT2D eigenvalue weighted by atomic mass is 9.88. The van der Waals surface area contributed by atoms with Crippen molar-refractivity contribution < 1.29 is 9.47 Å². The average molecular weight is 347 g/mol. The van der Waals surface area contributed by atoms with Crippen LogP contribution in [0.4, 0.5) is 0 Å². The summed E-state index contributed by atoms with van der Waals surface area (Å²) >= 11 is 3.50. The Morgan fingerprint density at radius 3 is 2.90 bits per heavy atom. The van der Waals surface area contributed by atoms with Gasteiger partial charge >= 0.3 is 0 Å². The largest absolute Gasteiger partial charge is 0.489 e. The molecule has 0 saturated heterocycles. The van der Waals surface area contributed by atoms with Gasteiger partial charge in [0.1, 0.15) is 18.5 Å². The first-order valence-corrected chi connectivity index (χ1v) is 8.35. The minimum absolute atomic E-state index is 0.0247. The van der Waals surface area contributed by atoms with Crippen molar-refractivity contribution in [1.29, 1.82) is 0 Å². The summed E-state index contributed by atoms with van der Waals surface area (Å²) in [7, 11) is 1.76. The molecule has 0 spiro atoms. The number of methoxy groups -OCH3 is 1. The molecule has 1 aromatic carbocycles. The van der Waals surface area contributed by atoms with Crippen LogP contribution in [-0.4, -0.2) is 18.5 Å². The lowest BCUT2D eigenvalue weighted by Crippen LogP contribution is -2.18. The van der Waals surface area contributed by atoms with E-state index in [4.69, 9.17) is 9.47 Å². The van der Waals surface area contributed by atoms with Crippen LogP contribution < -0.4 is 0 Å². The van der Waals surface area contributed by atoms with Gasteiger partial charge < -0.3 is 9.47 Å². The maximum Gasteiger partial charge on any atom is 0.123 e. The Balaban J connectivity index is 2.00. The molecule has 3 heteroatoms. The molecule has 1 aliphatic carbocycles. The molecule has 1 atom stereocenters. The fourth-order valence-electron chi connectivity index (χ4n) is 2.89. The Hall–Kier alpha value is -1.32. The van der Waals surface area contributed by atoms with Crippen molar-refractivity contribution >= 4 is 15.9 Å². The van der Waals surface area contributed by atoms with Gasteiger partial charge in [0.15, 0.2) is 0 Å². The third-order valence-corrected chi connectivity index (χ3v) is 4.43. The number of fused-ring (bicyclic) bond motifs is 1. The number of halogens is 1. The Kier molecular flexibility index (Phi) is 4.61. The molecule has 110 valence electrons. The molecule has 1 unspecified atom stereocenters. The van der Waals surface area contributed by atoms with Crippen LogP contribution >= 0.6 is 15.9 Å². The minimum Gasteiger partial charge on any atom is -0.489 e. The number of benzene rings is 1. The highest BCUT2D eigenvalue weighted by molar-refractivity contribution is 9.09. The zero-order valence-electron chi connectivity index (χ0n) is 12.1. The third-order valence-electron chi connectivity index (χ3n) is 3.97. The van der Waals surface area contributed by atoms with E-state index in [2.05, 4.69) is 58.4 Å². The SMILES string of the molecule is COC1C=CC2=C(Cc3ccccc3CO2)C1=CCCBr. The molecular formula is C18H19BrO2. The van der Waals surface area contributed by atoms with Crippen LogP contribution in [0.25, 0.3) is 0 Å². The van der Waals surface area contributed by atoms with Gasteiger partial charge in [-0.25, -0.2) is 0 Å². The van der Waals surface area contributed by atoms with Gasteiger partial charge in [0.05, 0.1) is 0 Å². The molecule has 0 bridgehead atoms. The molecule has 3 rings (SSSR count). The van der Waals surface area contributed by atoms with Crippen molar-refractivity contribution in [3.63, 3.8) is 0 Å². The molecule has 1 aliphatic heterocycles. The van der Waals surface area contributed by atoms with E-state index in [1.54, 1.807) is 7.11 Å². The van der Waals surface area contributed by atoms with Gasteiger partial charge in [0, 0.05) is 24.4 Å². The summed E-state index contributed by atoms with van der Waals surface area (Å²) in [6.07, 6.45) is 8.32. The van der Waals surface area contributed by atoms with Crippen LogP contribution in [0.1, 0.15) is 17.5 Å². The number of rotatable bonds is 3. The Morgan fingerprint density at radius 2 is 2.14 bits per heavy atom. The van der Waals surface area contributed by atoms with E-state index in [1.165, 1.54) is 22.3 Å². The minimum atomic E-state index is 0.0247. The highest BCUT2D eigenvalue weighted by Gasteiger charge is 2.25. The summed E-state index contributed by atoms with van der Waals surface area (Å²) in [4.78, 5) is 0. The quantitative estimate of drug-likeness (QED) is 0.759. The molecule has 2 nitrogen and oxygen atoms in total. The fourth-order valence-corrected chi connectivity index (χ4v) is 3.12. The first-order valence-electron chi connectivity index (χ1n) is 7.23. The van der Waals surface area contributed by atoms with E-state index < -0.39 is 0 Å². The van der Waals surface area contributed by atoms with Crippen molar-refractivity contribution in [2.24, 2.45) is 0 Å². The lowest BCUT2D eigenvalue weighted by molar-refractivity contribution is 0.162. The summed E-state index contributed by atoms with van der Waals surface area (Å²) < 4.78 is 11.6. The summed E-state index contributed by atoms with van der Waals surface area (Å²) in [5.74, 6) is 0.986. The summed E-state index contributed by atoms with van der Waals surface area (Å²) in [6, 6.07) is 8.50. The highest BCUT2D eigenvalue weighted by atomic mass is 79.9. The number of ether oxygens (including phenoxy) is 2. The number of hydrogen-bond acceptors (Lipinski definition) is 2. The van der Waals surface area contributed by atoms with Crippen molar-refractivity contribution in [2.45, 2.75) is 25.6 Å². The molecule has 0 aromatic heterocycles. The van der Waals surface area contributed by atoms with Gasteiger partial charge in [-0.15, -0.1) is 0 Å². The van der Waals surface area contributed by atoms with Gasteiger partial charge in [-0.2, -0.15) is 0 Å². The van der Waals surface area contributed by atoms with Gasteiger partial charge in [0.2, 0.25) is 0 Å². The maximum atomic E-state index is 6.02. The van der Waals surface area contributed by atoms with Crippen LogP contribution in [0.3, 0.4) is 0 Å². The first-order chi connectivity index (χ1) is 10.3. The summed E-state index contributed by atoms with van der Waals surface area (Å²) in [6.45, 7) is 0.642. The second-order valence-electron chi connectivity index (χ2n) is 5.23. The van der Waals surface area contributed by atoms with Crippen LogP contribution in [0, 0.1) is 0 Å². The van der Waals surface area contributed by atoms with Gasteiger partial charge in [-0.05, 0) is 35.3 Å². The second kappa shape index (κ2) is 6.63. The zero-order chi connectivity index (χ0) is 14.7. The second-order valence-corrected chi connectivity index (χ2v) is 6.02. The number of alkyl halides is 1. The van der Waals surface area contributed by atoms with Crippen LogP contribution in [0.15, 0.2) is 59.4 Å². The van der Waals surface area contributed by atoms with Gasteiger partial charge in [-0.3, -0.25) is 0 Å². The smallest absolute Gasteiger partial charge is 0.123 e. The molecule has 0 fully saturated rings. The van der Waals surface area contributed by atoms with Crippen LogP contribution in [0.5, 0.6) is 0 Å². The van der Waals surface area contributed by atoms with E-state index >= 15 is 0 Å². The Labute approximate surface area is 134 Å². The zero-order valence-corrected chi connectivity index (χ0v) is 13.7. The molecule has 0 radical (unpaired) electrons. The number of allylic oxidation sites excluding steroid dienone is 2. The lowest BCUT2D eigenvalue weighted by Gasteiger charge is -2.24.